The van der Waals surface area contributed by atoms with Gasteiger partial charge in [-0.25, -0.2) is 0 Å². The van der Waals surface area contributed by atoms with Crippen LogP contribution in [-0.2, 0) is 13.0 Å². The summed E-state index contributed by atoms with van der Waals surface area (Å²) in [5.74, 6) is 2.75. The molecule has 1 unspecified atom stereocenters. The van der Waals surface area contributed by atoms with Crippen LogP contribution in [0.4, 0.5) is 0 Å². The van der Waals surface area contributed by atoms with Crippen molar-refractivity contribution in [1.82, 2.24) is 15.5 Å². The zero-order valence-electron chi connectivity index (χ0n) is 18.1. The lowest BCUT2D eigenvalue weighted by Crippen LogP contribution is -2.37. The van der Waals surface area contributed by atoms with E-state index in [4.69, 9.17) is 9.47 Å². The lowest BCUT2D eigenvalue weighted by molar-refractivity contribution is 0.254. The third-order valence-electron chi connectivity index (χ3n) is 5.44. The molecule has 0 saturated carbocycles. The number of aliphatic imine (C=N–C) groups is 1. The zero-order chi connectivity index (χ0) is 19.8. The molecule has 164 valence electrons. The second-order valence-corrected chi connectivity index (χ2v) is 7.74. The molecule has 6 nitrogen and oxygen atoms in total. The molecule has 1 aromatic carbocycles. The molecule has 2 heterocycles. The molecule has 7 heteroatoms. The number of ether oxygens (including phenoxy) is 2. The van der Waals surface area contributed by atoms with Crippen molar-refractivity contribution in [3.05, 3.63) is 23.3 Å². The van der Waals surface area contributed by atoms with Crippen molar-refractivity contribution < 1.29 is 9.47 Å². The Kier molecular flexibility index (Phi) is 10.3. The SMILES string of the molecule is CCOc1cc2c(cc1CNC(=NC)NCCCCN1CCCC1)OC(C)C2.I. The molecule has 0 aromatic heterocycles. The van der Waals surface area contributed by atoms with Gasteiger partial charge < -0.3 is 25.0 Å². The summed E-state index contributed by atoms with van der Waals surface area (Å²) >= 11 is 0. The van der Waals surface area contributed by atoms with E-state index in [2.05, 4.69) is 39.6 Å². The highest BCUT2D eigenvalue weighted by atomic mass is 127. The smallest absolute Gasteiger partial charge is 0.191 e. The number of hydrogen-bond acceptors (Lipinski definition) is 4. The molecule has 0 spiro atoms. The molecule has 2 aliphatic heterocycles. The Morgan fingerprint density at radius 3 is 2.76 bits per heavy atom. The van der Waals surface area contributed by atoms with Gasteiger partial charge in [0.25, 0.3) is 0 Å². The number of rotatable bonds is 9. The van der Waals surface area contributed by atoms with Crippen LogP contribution in [0.2, 0.25) is 0 Å². The molecule has 0 aliphatic carbocycles. The summed E-state index contributed by atoms with van der Waals surface area (Å²) in [4.78, 5) is 6.92. The van der Waals surface area contributed by atoms with Gasteiger partial charge in [-0.15, -0.1) is 24.0 Å². The minimum atomic E-state index is 0. The van der Waals surface area contributed by atoms with E-state index < -0.39 is 0 Å². The summed E-state index contributed by atoms with van der Waals surface area (Å²) in [6.45, 7) is 10.2. The predicted octanol–water partition coefficient (Wildman–Crippen LogP) is 3.57. The van der Waals surface area contributed by atoms with Crippen molar-refractivity contribution in [3.63, 3.8) is 0 Å². The van der Waals surface area contributed by atoms with Crippen LogP contribution < -0.4 is 20.1 Å². The number of benzene rings is 1. The van der Waals surface area contributed by atoms with Crippen LogP contribution in [0.5, 0.6) is 11.5 Å². The van der Waals surface area contributed by atoms with Gasteiger partial charge in [-0.1, -0.05) is 0 Å². The van der Waals surface area contributed by atoms with E-state index in [0.717, 1.165) is 42.4 Å². The van der Waals surface area contributed by atoms with Crippen molar-refractivity contribution in [2.75, 3.05) is 39.8 Å². The van der Waals surface area contributed by atoms with Gasteiger partial charge in [0.1, 0.15) is 17.6 Å². The van der Waals surface area contributed by atoms with Crippen LogP contribution in [0.3, 0.4) is 0 Å². The number of halogens is 1. The number of fused-ring (bicyclic) bond motifs is 1. The fraction of sp³-hybridized carbons (Fsp3) is 0.682. The Hall–Kier alpha value is -1.22. The largest absolute Gasteiger partial charge is 0.494 e. The molecule has 1 atom stereocenters. The first-order valence-electron chi connectivity index (χ1n) is 10.8. The first-order valence-corrected chi connectivity index (χ1v) is 10.8. The van der Waals surface area contributed by atoms with E-state index in [-0.39, 0.29) is 30.1 Å². The van der Waals surface area contributed by atoms with E-state index >= 15 is 0 Å². The van der Waals surface area contributed by atoms with Crippen molar-refractivity contribution in [3.8, 4) is 11.5 Å². The molecule has 2 N–H and O–H groups in total. The number of likely N-dealkylation sites (tertiary alicyclic amines) is 1. The maximum atomic E-state index is 5.91. The van der Waals surface area contributed by atoms with E-state index in [1.807, 2.05) is 14.0 Å². The maximum absolute atomic E-state index is 5.91. The lowest BCUT2D eigenvalue weighted by atomic mass is 10.1. The monoisotopic (exact) mass is 516 g/mol. The Bertz CT molecular complexity index is 662. The molecule has 1 aromatic rings. The van der Waals surface area contributed by atoms with Gasteiger partial charge in [-0.05, 0) is 71.3 Å². The van der Waals surface area contributed by atoms with E-state index in [1.165, 1.54) is 44.5 Å². The summed E-state index contributed by atoms with van der Waals surface area (Å²) in [6.07, 6.45) is 6.31. The van der Waals surface area contributed by atoms with Crippen LogP contribution in [0.25, 0.3) is 0 Å². The Morgan fingerprint density at radius 2 is 2.03 bits per heavy atom. The maximum Gasteiger partial charge on any atom is 0.191 e. The van der Waals surface area contributed by atoms with Crippen LogP contribution >= 0.6 is 24.0 Å². The highest BCUT2D eigenvalue weighted by Crippen LogP contribution is 2.35. The highest BCUT2D eigenvalue weighted by Gasteiger charge is 2.22. The fourth-order valence-corrected chi connectivity index (χ4v) is 3.98. The minimum absolute atomic E-state index is 0. The topological polar surface area (TPSA) is 58.1 Å². The van der Waals surface area contributed by atoms with Gasteiger partial charge in [0.15, 0.2) is 5.96 Å². The van der Waals surface area contributed by atoms with Crippen LogP contribution in [0, 0.1) is 0 Å². The first kappa shape index (κ1) is 24.1. The van der Waals surface area contributed by atoms with Crippen molar-refractivity contribution in [2.45, 2.75) is 58.6 Å². The van der Waals surface area contributed by atoms with E-state index in [0.29, 0.717) is 13.2 Å². The second-order valence-electron chi connectivity index (χ2n) is 7.74. The second kappa shape index (κ2) is 12.5. The summed E-state index contributed by atoms with van der Waals surface area (Å²) in [5, 5.41) is 6.84. The first-order chi connectivity index (χ1) is 13.7. The van der Waals surface area contributed by atoms with Gasteiger partial charge in [-0.3, -0.25) is 4.99 Å². The van der Waals surface area contributed by atoms with Crippen LogP contribution in [0.1, 0.15) is 50.7 Å². The molecular formula is C22H37IN4O2. The summed E-state index contributed by atoms with van der Waals surface area (Å²) < 4.78 is 11.8. The normalized spacial score (nSPS) is 18.7. The fourth-order valence-electron chi connectivity index (χ4n) is 3.98. The summed E-state index contributed by atoms with van der Waals surface area (Å²) in [6, 6.07) is 4.24. The zero-order valence-corrected chi connectivity index (χ0v) is 20.5. The highest BCUT2D eigenvalue weighted by molar-refractivity contribution is 14.0. The minimum Gasteiger partial charge on any atom is -0.494 e. The Morgan fingerprint density at radius 1 is 1.24 bits per heavy atom. The van der Waals surface area contributed by atoms with Crippen LogP contribution in [-0.4, -0.2) is 56.8 Å². The van der Waals surface area contributed by atoms with Crippen molar-refractivity contribution >= 4 is 29.9 Å². The number of nitrogens with zero attached hydrogens (tertiary/aromatic N) is 2. The Labute approximate surface area is 192 Å². The standard InChI is InChI=1S/C22H36N4O2.HI/c1-4-27-20-14-18-13-17(2)28-21(18)15-19(20)16-25-22(23-3)24-9-5-6-10-26-11-7-8-12-26;/h14-15,17H,4-13,16H2,1-3H3,(H2,23,24,25);1H. The van der Waals surface area contributed by atoms with Gasteiger partial charge in [0, 0.05) is 37.7 Å². The summed E-state index contributed by atoms with van der Waals surface area (Å²) in [5.41, 5.74) is 2.34. The average molecular weight is 516 g/mol. The summed E-state index contributed by atoms with van der Waals surface area (Å²) in [7, 11) is 1.82. The van der Waals surface area contributed by atoms with E-state index in [1.54, 1.807) is 0 Å². The number of guanidine groups is 1. The molecule has 0 radical (unpaired) electrons. The average Bonchev–Trinajstić information content (AvgIpc) is 3.32. The van der Waals surface area contributed by atoms with Crippen molar-refractivity contribution in [1.29, 1.82) is 0 Å². The van der Waals surface area contributed by atoms with Gasteiger partial charge >= 0.3 is 0 Å². The molecule has 1 fully saturated rings. The lowest BCUT2D eigenvalue weighted by Gasteiger charge is -2.16. The van der Waals surface area contributed by atoms with Gasteiger partial charge in [0.05, 0.1) is 6.61 Å². The van der Waals surface area contributed by atoms with Crippen LogP contribution in [0.15, 0.2) is 17.1 Å². The molecule has 0 amide bonds. The number of nitrogens with one attached hydrogen (secondary N) is 2. The van der Waals surface area contributed by atoms with E-state index in [9.17, 15) is 0 Å². The molecule has 2 aliphatic rings. The van der Waals surface area contributed by atoms with Crippen molar-refractivity contribution in [2.24, 2.45) is 4.99 Å². The third kappa shape index (κ3) is 7.20. The Balaban J connectivity index is 0.00000300. The third-order valence-corrected chi connectivity index (χ3v) is 5.44. The molecule has 3 rings (SSSR count). The van der Waals surface area contributed by atoms with Gasteiger partial charge in [0.2, 0.25) is 0 Å². The molecule has 1 saturated heterocycles. The predicted molar refractivity (Wildman–Crippen MR) is 130 cm³/mol. The molecule has 0 bridgehead atoms. The molecular weight excluding hydrogens is 479 g/mol. The quantitative estimate of drug-likeness (QED) is 0.228. The molecule has 29 heavy (non-hydrogen) atoms. The van der Waals surface area contributed by atoms with Gasteiger partial charge in [-0.2, -0.15) is 0 Å². The number of hydrogen-bond donors (Lipinski definition) is 2. The number of unbranched alkanes of at least 4 members (excludes halogenated alkanes) is 1.